The molecule has 39 heavy (non-hydrogen) atoms. The van der Waals surface area contributed by atoms with E-state index in [0.29, 0.717) is 22.9 Å². The molecule has 1 aliphatic carbocycles. The van der Waals surface area contributed by atoms with Crippen LogP contribution in [-0.4, -0.2) is 46.8 Å². The summed E-state index contributed by atoms with van der Waals surface area (Å²) in [6.07, 6.45) is 1.94. The van der Waals surface area contributed by atoms with Gasteiger partial charge in [-0.05, 0) is 87.8 Å². The lowest BCUT2D eigenvalue weighted by Gasteiger charge is -2.53. The maximum atomic E-state index is 14.6. The van der Waals surface area contributed by atoms with E-state index in [1.807, 2.05) is 37.3 Å². The van der Waals surface area contributed by atoms with E-state index in [1.165, 1.54) is 0 Å². The van der Waals surface area contributed by atoms with E-state index >= 15 is 0 Å². The fourth-order valence-electron chi connectivity index (χ4n) is 5.92. The lowest BCUT2D eigenvalue weighted by molar-refractivity contribution is -0.162. The molecule has 2 aromatic rings. The van der Waals surface area contributed by atoms with Gasteiger partial charge in [-0.2, -0.15) is 0 Å². The minimum absolute atomic E-state index is 0.0263. The van der Waals surface area contributed by atoms with Gasteiger partial charge in [0.15, 0.2) is 9.84 Å². The summed E-state index contributed by atoms with van der Waals surface area (Å²) in [5.41, 5.74) is 0.536. The molecule has 1 N–H and O–H groups in total. The molecule has 2 unspecified atom stereocenters. The van der Waals surface area contributed by atoms with Crippen molar-refractivity contribution in [2.24, 2.45) is 11.3 Å². The predicted octanol–water partition coefficient (Wildman–Crippen LogP) is 6.91. The zero-order chi connectivity index (χ0) is 28.8. The molecule has 4 rings (SSSR count). The van der Waals surface area contributed by atoms with Gasteiger partial charge in [-0.1, -0.05) is 54.4 Å². The SMILES string of the molecule is CC[C@]1(CC(=O)O)CC(c2cccc(Cl)c2)[C@@H](c2ccc(Cl)cc2)N(C(CS(=O)(=O)C(C)(C)C)C2CC2)C1=O. The van der Waals surface area contributed by atoms with Crippen LogP contribution in [0.2, 0.25) is 10.0 Å². The number of nitrogens with zero attached hydrogens (tertiary/aromatic N) is 1. The lowest BCUT2D eigenvalue weighted by atomic mass is 9.65. The van der Waals surface area contributed by atoms with Gasteiger partial charge in [-0.25, -0.2) is 8.42 Å². The second kappa shape index (κ2) is 11.1. The molecule has 1 heterocycles. The maximum absolute atomic E-state index is 14.6. The smallest absolute Gasteiger partial charge is 0.304 e. The summed E-state index contributed by atoms with van der Waals surface area (Å²) in [4.78, 5) is 28.5. The van der Waals surface area contributed by atoms with Crippen LogP contribution >= 0.6 is 23.2 Å². The van der Waals surface area contributed by atoms with Gasteiger partial charge < -0.3 is 10.0 Å². The number of sulfone groups is 1. The summed E-state index contributed by atoms with van der Waals surface area (Å²) in [7, 11) is -3.60. The highest BCUT2D eigenvalue weighted by Gasteiger charge is 2.56. The number of aliphatic carboxylic acids is 1. The van der Waals surface area contributed by atoms with Crippen LogP contribution in [0.5, 0.6) is 0 Å². The Bertz CT molecular complexity index is 1330. The Morgan fingerprint density at radius 3 is 2.23 bits per heavy atom. The zero-order valence-corrected chi connectivity index (χ0v) is 25.2. The van der Waals surface area contributed by atoms with Gasteiger partial charge in [0.2, 0.25) is 5.91 Å². The van der Waals surface area contributed by atoms with Crippen LogP contribution < -0.4 is 0 Å². The summed E-state index contributed by atoms with van der Waals surface area (Å²) in [5.74, 6) is -1.79. The van der Waals surface area contributed by atoms with Crippen molar-refractivity contribution in [1.82, 2.24) is 4.90 Å². The van der Waals surface area contributed by atoms with Gasteiger partial charge in [-0.15, -0.1) is 0 Å². The largest absolute Gasteiger partial charge is 0.481 e. The molecule has 9 heteroatoms. The number of hydrogen-bond acceptors (Lipinski definition) is 4. The standard InChI is InChI=1S/C30H37Cl2NO5S/c1-5-30(17-26(34)35)16-24(21-7-6-8-23(32)15-21)27(20-11-13-22(31)14-12-20)33(28(30)36)25(19-9-10-19)18-39(37,38)29(2,3)4/h6-8,11-15,19,24-25,27H,5,9-10,16-18H2,1-4H3,(H,34,35)/t24?,25?,27-,30-/m1/s1. The van der Waals surface area contributed by atoms with Crippen molar-refractivity contribution in [3.63, 3.8) is 0 Å². The Hall–Kier alpha value is -2.09. The van der Waals surface area contributed by atoms with Gasteiger partial charge in [0, 0.05) is 22.0 Å². The van der Waals surface area contributed by atoms with Crippen molar-refractivity contribution in [3.05, 3.63) is 69.7 Å². The molecule has 1 aliphatic heterocycles. The molecule has 6 nitrogen and oxygen atoms in total. The number of likely N-dealkylation sites (tertiary alicyclic amines) is 1. The number of carboxylic acids is 1. The average Bonchev–Trinajstić information content (AvgIpc) is 3.69. The van der Waals surface area contributed by atoms with Gasteiger partial charge in [0.05, 0.1) is 28.4 Å². The van der Waals surface area contributed by atoms with Crippen molar-refractivity contribution in [3.8, 4) is 0 Å². The second-order valence-corrected chi connectivity index (χ2v) is 15.7. The molecule has 2 fully saturated rings. The summed E-state index contributed by atoms with van der Waals surface area (Å²) in [6.45, 7) is 6.87. The maximum Gasteiger partial charge on any atom is 0.304 e. The number of halogens is 2. The van der Waals surface area contributed by atoms with Crippen molar-refractivity contribution < 1.29 is 23.1 Å². The highest BCUT2D eigenvalue weighted by Crippen LogP contribution is 2.55. The average molecular weight is 595 g/mol. The monoisotopic (exact) mass is 593 g/mol. The third-order valence-electron chi connectivity index (χ3n) is 8.48. The van der Waals surface area contributed by atoms with E-state index in [2.05, 4.69) is 0 Å². The van der Waals surface area contributed by atoms with Gasteiger partial charge in [-0.3, -0.25) is 9.59 Å². The fraction of sp³-hybridized carbons (Fsp3) is 0.533. The highest BCUT2D eigenvalue weighted by atomic mass is 35.5. The minimum Gasteiger partial charge on any atom is -0.481 e. The van der Waals surface area contributed by atoms with Crippen LogP contribution in [0.4, 0.5) is 0 Å². The van der Waals surface area contributed by atoms with Crippen LogP contribution in [0.15, 0.2) is 48.5 Å². The van der Waals surface area contributed by atoms with Crippen molar-refractivity contribution in [2.45, 2.75) is 82.5 Å². The van der Waals surface area contributed by atoms with Crippen LogP contribution in [0.3, 0.4) is 0 Å². The van der Waals surface area contributed by atoms with Gasteiger partial charge in [0.25, 0.3) is 0 Å². The number of carboxylic acid groups (broad SMARTS) is 1. The normalized spacial score (nSPS) is 25.0. The number of carbonyl (C=O) groups excluding carboxylic acids is 1. The Morgan fingerprint density at radius 1 is 1.08 bits per heavy atom. The quantitative estimate of drug-likeness (QED) is 0.341. The Morgan fingerprint density at radius 2 is 1.72 bits per heavy atom. The van der Waals surface area contributed by atoms with Crippen molar-refractivity contribution in [1.29, 1.82) is 0 Å². The van der Waals surface area contributed by atoms with E-state index in [-0.39, 0.29) is 29.9 Å². The molecular weight excluding hydrogens is 557 g/mol. The van der Waals surface area contributed by atoms with Crippen LogP contribution in [0, 0.1) is 11.3 Å². The first kappa shape index (κ1) is 29.9. The molecular formula is C30H37Cl2NO5S. The topological polar surface area (TPSA) is 91.8 Å². The third kappa shape index (κ3) is 6.15. The summed E-state index contributed by atoms with van der Waals surface area (Å²) < 4.78 is 26.1. The number of carbonyl (C=O) groups is 2. The third-order valence-corrected chi connectivity index (χ3v) is 11.6. The summed E-state index contributed by atoms with van der Waals surface area (Å²) in [6, 6.07) is 13.6. The number of piperidine rings is 1. The Labute approximate surface area is 241 Å². The first-order chi connectivity index (χ1) is 18.2. The van der Waals surface area contributed by atoms with E-state index in [0.717, 1.165) is 24.0 Å². The first-order valence-corrected chi connectivity index (χ1v) is 15.9. The number of amides is 1. The second-order valence-electron chi connectivity index (χ2n) is 12.1. The number of rotatable bonds is 9. The molecule has 1 amide bonds. The molecule has 2 aliphatic rings. The van der Waals surface area contributed by atoms with Crippen molar-refractivity contribution >= 4 is 44.9 Å². The summed E-state index contributed by atoms with van der Waals surface area (Å²) >= 11 is 12.7. The summed E-state index contributed by atoms with van der Waals surface area (Å²) in [5, 5.41) is 11.0. The number of benzene rings is 2. The molecule has 2 aromatic carbocycles. The van der Waals surface area contributed by atoms with E-state index < -0.39 is 38.1 Å². The predicted molar refractivity (Wildman–Crippen MR) is 155 cm³/mol. The van der Waals surface area contributed by atoms with E-state index in [4.69, 9.17) is 23.2 Å². The molecule has 0 spiro atoms. The fourth-order valence-corrected chi connectivity index (χ4v) is 7.63. The zero-order valence-electron chi connectivity index (χ0n) is 22.9. The number of hydrogen-bond donors (Lipinski definition) is 1. The molecule has 1 saturated carbocycles. The first-order valence-electron chi connectivity index (χ1n) is 13.5. The molecule has 0 radical (unpaired) electrons. The molecule has 212 valence electrons. The van der Waals surface area contributed by atoms with Crippen LogP contribution in [0.1, 0.15) is 82.9 Å². The Balaban J connectivity index is 1.97. The van der Waals surface area contributed by atoms with Gasteiger partial charge >= 0.3 is 5.97 Å². The highest BCUT2D eigenvalue weighted by molar-refractivity contribution is 7.92. The van der Waals surface area contributed by atoms with Crippen LogP contribution in [0.25, 0.3) is 0 Å². The molecule has 0 bridgehead atoms. The Kier molecular flexibility index (Phi) is 8.47. The van der Waals surface area contributed by atoms with E-state index in [9.17, 15) is 23.1 Å². The minimum atomic E-state index is -3.60. The van der Waals surface area contributed by atoms with Crippen molar-refractivity contribution in [2.75, 3.05) is 5.75 Å². The van der Waals surface area contributed by atoms with Gasteiger partial charge in [0.1, 0.15) is 0 Å². The molecule has 4 atom stereocenters. The molecule has 0 aromatic heterocycles. The van der Waals surface area contributed by atoms with E-state index in [1.54, 1.807) is 43.9 Å². The van der Waals surface area contributed by atoms with Crippen LogP contribution in [-0.2, 0) is 19.4 Å². The lowest BCUT2D eigenvalue weighted by Crippen LogP contribution is -2.59. The molecule has 1 saturated heterocycles.